The van der Waals surface area contributed by atoms with Crippen LogP contribution in [-0.4, -0.2) is 40.9 Å². The lowest BCUT2D eigenvalue weighted by Gasteiger charge is -2.30. The molecule has 0 aliphatic heterocycles. The molecule has 1 saturated carbocycles. The van der Waals surface area contributed by atoms with Gasteiger partial charge in [0.1, 0.15) is 5.75 Å². The fourth-order valence-corrected chi connectivity index (χ4v) is 4.74. The maximum absolute atomic E-state index is 12.1. The number of aryl methyl sites for hydroxylation is 1. The van der Waals surface area contributed by atoms with Crippen molar-refractivity contribution in [1.82, 2.24) is 10.6 Å². The number of nitrogens with zero attached hydrogens (tertiary/aromatic N) is 1. The van der Waals surface area contributed by atoms with Gasteiger partial charge in [-0.1, -0.05) is 25.5 Å². The lowest BCUT2D eigenvalue weighted by Crippen LogP contribution is -2.46. The number of nitrogens with one attached hydrogen (secondary N) is 2. The number of hydrogen-bond donors (Lipinski definition) is 2. The van der Waals surface area contributed by atoms with Gasteiger partial charge < -0.3 is 15.4 Å². The van der Waals surface area contributed by atoms with E-state index in [1.807, 2.05) is 19.9 Å². The second-order valence-corrected chi connectivity index (χ2v) is 8.80. The second-order valence-electron chi connectivity index (χ2n) is 6.80. The lowest BCUT2D eigenvalue weighted by atomic mass is 9.95. The van der Waals surface area contributed by atoms with E-state index in [0.29, 0.717) is 17.8 Å². The zero-order chi connectivity index (χ0) is 18.9. The van der Waals surface area contributed by atoms with Crippen LogP contribution in [0.3, 0.4) is 0 Å². The molecule has 146 valence electrons. The number of benzene rings is 1. The minimum absolute atomic E-state index is 0.315. The summed E-state index contributed by atoms with van der Waals surface area (Å²) in [6, 6.07) is 6.54. The quantitative estimate of drug-likeness (QED) is 0.564. The van der Waals surface area contributed by atoms with Crippen LogP contribution in [0.15, 0.2) is 23.2 Å². The molecule has 3 unspecified atom stereocenters. The summed E-state index contributed by atoms with van der Waals surface area (Å²) in [6.45, 7) is 7.54. The Kier molecular flexibility index (Phi) is 8.42. The standard InChI is InChI=1S/C20H33N3O2S/c1-5-21-20(22-14-16-11-10-15(3)19(12-16)25-4)23-17-8-7-9-18(13-17)26(24)6-2/h10-12,17-18H,5-9,13-14H2,1-4H3,(H2,21,22,23). The van der Waals surface area contributed by atoms with E-state index in [1.54, 1.807) is 7.11 Å². The molecular weight excluding hydrogens is 346 g/mol. The van der Waals surface area contributed by atoms with Crippen LogP contribution in [0, 0.1) is 6.92 Å². The minimum Gasteiger partial charge on any atom is -0.496 e. The van der Waals surface area contributed by atoms with Gasteiger partial charge in [0.15, 0.2) is 5.96 Å². The summed E-state index contributed by atoms with van der Waals surface area (Å²) in [4.78, 5) is 4.74. The van der Waals surface area contributed by atoms with Gasteiger partial charge in [-0.05, 0) is 50.3 Å². The fraction of sp³-hybridized carbons (Fsp3) is 0.650. The summed E-state index contributed by atoms with van der Waals surface area (Å²) >= 11 is 0. The highest BCUT2D eigenvalue weighted by molar-refractivity contribution is 7.85. The van der Waals surface area contributed by atoms with Gasteiger partial charge in [-0.3, -0.25) is 4.21 Å². The van der Waals surface area contributed by atoms with Crippen LogP contribution >= 0.6 is 0 Å². The molecule has 0 radical (unpaired) electrons. The van der Waals surface area contributed by atoms with Crippen molar-refractivity contribution in [2.24, 2.45) is 4.99 Å². The Morgan fingerprint density at radius 2 is 2.15 bits per heavy atom. The third-order valence-corrected chi connectivity index (χ3v) is 6.60. The van der Waals surface area contributed by atoms with Crippen LogP contribution in [0.25, 0.3) is 0 Å². The third kappa shape index (κ3) is 6.01. The fourth-order valence-electron chi connectivity index (χ4n) is 3.40. The van der Waals surface area contributed by atoms with Gasteiger partial charge in [0.2, 0.25) is 0 Å². The summed E-state index contributed by atoms with van der Waals surface area (Å²) in [5, 5.41) is 7.19. The van der Waals surface area contributed by atoms with E-state index in [1.165, 1.54) is 0 Å². The van der Waals surface area contributed by atoms with Crippen molar-refractivity contribution in [3.63, 3.8) is 0 Å². The van der Waals surface area contributed by atoms with Crippen LogP contribution in [0.1, 0.15) is 50.7 Å². The summed E-state index contributed by atoms with van der Waals surface area (Å²) < 4.78 is 17.5. The Morgan fingerprint density at radius 3 is 2.85 bits per heavy atom. The van der Waals surface area contributed by atoms with Crippen molar-refractivity contribution in [3.8, 4) is 5.75 Å². The molecule has 1 fully saturated rings. The Balaban J connectivity index is 2.01. The first kappa shape index (κ1) is 20.7. The Morgan fingerprint density at radius 1 is 1.35 bits per heavy atom. The molecular formula is C20H33N3O2S. The van der Waals surface area contributed by atoms with Gasteiger partial charge >= 0.3 is 0 Å². The molecule has 6 heteroatoms. The number of ether oxygens (including phenoxy) is 1. The van der Waals surface area contributed by atoms with E-state index < -0.39 is 10.8 Å². The van der Waals surface area contributed by atoms with Gasteiger partial charge in [0, 0.05) is 34.4 Å². The van der Waals surface area contributed by atoms with Crippen LogP contribution < -0.4 is 15.4 Å². The number of hydrogen-bond acceptors (Lipinski definition) is 3. The van der Waals surface area contributed by atoms with Gasteiger partial charge in [-0.25, -0.2) is 4.99 Å². The van der Waals surface area contributed by atoms with E-state index in [9.17, 15) is 4.21 Å². The molecule has 0 saturated heterocycles. The van der Waals surface area contributed by atoms with Crippen LogP contribution in [0.5, 0.6) is 5.75 Å². The Hall–Kier alpha value is -1.56. The molecule has 0 bridgehead atoms. The monoisotopic (exact) mass is 379 g/mol. The number of aliphatic imine (C=N–C) groups is 1. The first-order valence-electron chi connectivity index (χ1n) is 9.62. The zero-order valence-electron chi connectivity index (χ0n) is 16.5. The van der Waals surface area contributed by atoms with Crippen molar-refractivity contribution in [1.29, 1.82) is 0 Å². The average molecular weight is 380 g/mol. The SMILES string of the molecule is CCNC(=NCc1ccc(C)c(OC)c1)NC1CCCC(S(=O)CC)C1. The second kappa shape index (κ2) is 10.6. The summed E-state index contributed by atoms with van der Waals surface area (Å²) in [6.07, 6.45) is 4.28. The zero-order valence-corrected chi connectivity index (χ0v) is 17.3. The molecule has 1 aliphatic carbocycles. The van der Waals surface area contributed by atoms with Gasteiger partial charge in [0.05, 0.1) is 13.7 Å². The smallest absolute Gasteiger partial charge is 0.191 e. The van der Waals surface area contributed by atoms with E-state index in [2.05, 4.69) is 29.7 Å². The molecule has 0 aromatic heterocycles. The number of guanidine groups is 1. The predicted molar refractivity (Wildman–Crippen MR) is 110 cm³/mol. The predicted octanol–water partition coefficient (Wildman–Crippen LogP) is 3.14. The van der Waals surface area contributed by atoms with Crippen molar-refractivity contribution in [3.05, 3.63) is 29.3 Å². The normalized spacial score (nSPS) is 21.9. The molecule has 0 amide bonds. The molecule has 3 atom stereocenters. The minimum atomic E-state index is -0.706. The molecule has 0 spiro atoms. The molecule has 2 N–H and O–H groups in total. The van der Waals surface area contributed by atoms with Crippen molar-refractivity contribution >= 4 is 16.8 Å². The van der Waals surface area contributed by atoms with E-state index >= 15 is 0 Å². The average Bonchev–Trinajstić information content (AvgIpc) is 2.66. The van der Waals surface area contributed by atoms with E-state index in [0.717, 1.165) is 60.8 Å². The van der Waals surface area contributed by atoms with Crippen LogP contribution in [-0.2, 0) is 17.3 Å². The molecule has 2 rings (SSSR count). The van der Waals surface area contributed by atoms with Gasteiger partial charge in [0.25, 0.3) is 0 Å². The topological polar surface area (TPSA) is 62.7 Å². The number of methoxy groups -OCH3 is 1. The summed E-state index contributed by atoms with van der Waals surface area (Å²) in [5.41, 5.74) is 2.25. The highest BCUT2D eigenvalue weighted by Gasteiger charge is 2.26. The summed E-state index contributed by atoms with van der Waals surface area (Å²) in [5.74, 6) is 2.48. The lowest BCUT2D eigenvalue weighted by molar-refractivity contribution is 0.411. The van der Waals surface area contributed by atoms with Gasteiger partial charge in [-0.15, -0.1) is 0 Å². The van der Waals surface area contributed by atoms with Crippen LogP contribution in [0.4, 0.5) is 0 Å². The highest BCUT2D eigenvalue weighted by Crippen LogP contribution is 2.23. The number of rotatable bonds is 7. The van der Waals surface area contributed by atoms with E-state index in [4.69, 9.17) is 9.73 Å². The largest absolute Gasteiger partial charge is 0.496 e. The van der Waals surface area contributed by atoms with Gasteiger partial charge in [-0.2, -0.15) is 0 Å². The molecule has 26 heavy (non-hydrogen) atoms. The Bertz CT molecular complexity index is 633. The molecule has 1 aliphatic rings. The van der Waals surface area contributed by atoms with Crippen LogP contribution in [0.2, 0.25) is 0 Å². The maximum atomic E-state index is 12.1. The highest BCUT2D eigenvalue weighted by atomic mass is 32.2. The van der Waals surface area contributed by atoms with Crippen molar-refractivity contribution in [2.45, 2.75) is 64.3 Å². The first-order valence-corrected chi connectivity index (χ1v) is 11.0. The summed E-state index contributed by atoms with van der Waals surface area (Å²) in [7, 11) is 0.989. The van der Waals surface area contributed by atoms with E-state index in [-0.39, 0.29) is 0 Å². The Labute approximate surface area is 160 Å². The molecule has 1 aromatic carbocycles. The van der Waals surface area contributed by atoms with Crippen molar-refractivity contribution < 1.29 is 8.95 Å². The maximum Gasteiger partial charge on any atom is 0.191 e. The molecule has 0 heterocycles. The van der Waals surface area contributed by atoms with Crippen molar-refractivity contribution in [2.75, 3.05) is 19.4 Å². The first-order chi connectivity index (χ1) is 12.6. The molecule has 5 nitrogen and oxygen atoms in total. The third-order valence-electron chi connectivity index (χ3n) is 4.86. The molecule has 1 aromatic rings.